The fourth-order valence-electron chi connectivity index (χ4n) is 2.47. The lowest BCUT2D eigenvalue weighted by Gasteiger charge is -2.34. The second-order valence-electron chi connectivity index (χ2n) is 4.91. The Kier molecular flexibility index (Phi) is 5.05. The Bertz CT molecular complexity index is 401. The fraction of sp³-hybridized carbons (Fsp3) is 0.600. The Morgan fingerprint density at radius 3 is 2.42 bits per heavy atom. The molecule has 0 radical (unpaired) electrons. The highest BCUT2D eigenvalue weighted by atomic mass is 16.5. The van der Waals surface area contributed by atoms with Gasteiger partial charge in [-0.1, -0.05) is 19.1 Å². The molecule has 0 aliphatic carbocycles. The van der Waals surface area contributed by atoms with Crippen LogP contribution in [0.5, 0.6) is 11.5 Å². The third-order valence-electron chi connectivity index (χ3n) is 3.69. The van der Waals surface area contributed by atoms with E-state index in [0.717, 1.165) is 44.8 Å². The monoisotopic (exact) mass is 264 g/mol. The number of hydrogen-bond acceptors (Lipinski definition) is 4. The second kappa shape index (κ2) is 6.78. The van der Waals surface area contributed by atoms with Gasteiger partial charge in [0.2, 0.25) is 0 Å². The van der Waals surface area contributed by atoms with Gasteiger partial charge in [0.1, 0.15) is 0 Å². The molecule has 0 unspecified atom stereocenters. The van der Waals surface area contributed by atoms with E-state index in [9.17, 15) is 5.11 Å². The molecule has 106 valence electrons. The van der Waals surface area contributed by atoms with Crippen LogP contribution in [0.15, 0.2) is 18.2 Å². The Morgan fingerprint density at radius 1 is 1.11 bits per heavy atom. The molecule has 1 saturated heterocycles. The van der Waals surface area contributed by atoms with E-state index in [2.05, 4.69) is 16.7 Å². The predicted molar refractivity (Wildman–Crippen MR) is 76.7 cm³/mol. The van der Waals surface area contributed by atoms with Crippen LogP contribution in [0, 0.1) is 0 Å². The summed E-state index contributed by atoms with van der Waals surface area (Å²) in [5, 5.41) is 10.2. The third kappa shape index (κ3) is 3.61. The molecule has 0 atom stereocenters. The Hall–Kier alpha value is -1.26. The quantitative estimate of drug-likeness (QED) is 0.881. The van der Waals surface area contributed by atoms with Crippen LogP contribution in [-0.2, 0) is 6.54 Å². The van der Waals surface area contributed by atoms with Crippen molar-refractivity contribution in [2.75, 3.05) is 39.3 Å². The van der Waals surface area contributed by atoms with Crippen LogP contribution in [0.4, 0.5) is 0 Å². The molecular formula is C15H24N2O2. The van der Waals surface area contributed by atoms with Crippen LogP contribution in [0.1, 0.15) is 19.4 Å². The molecule has 0 spiro atoms. The van der Waals surface area contributed by atoms with Crippen molar-refractivity contribution in [1.82, 2.24) is 9.80 Å². The number of benzene rings is 1. The maximum absolute atomic E-state index is 10.2. The minimum absolute atomic E-state index is 0.294. The van der Waals surface area contributed by atoms with Crippen LogP contribution in [0.25, 0.3) is 0 Å². The molecule has 0 saturated carbocycles. The van der Waals surface area contributed by atoms with E-state index in [4.69, 9.17) is 4.74 Å². The first kappa shape index (κ1) is 14.2. The van der Waals surface area contributed by atoms with Crippen LogP contribution in [-0.4, -0.2) is 54.2 Å². The van der Waals surface area contributed by atoms with Gasteiger partial charge in [0.15, 0.2) is 11.5 Å². The van der Waals surface area contributed by atoms with E-state index in [0.29, 0.717) is 18.1 Å². The van der Waals surface area contributed by atoms with E-state index in [-0.39, 0.29) is 0 Å². The summed E-state index contributed by atoms with van der Waals surface area (Å²) in [4.78, 5) is 4.84. The summed E-state index contributed by atoms with van der Waals surface area (Å²) < 4.78 is 5.42. The first-order chi connectivity index (χ1) is 9.24. The first-order valence-electron chi connectivity index (χ1n) is 7.13. The number of rotatable bonds is 5. The molecule has 1 aromatic rings. The Morgan fingerprint density at radius 2 is 1.79 bits per heavy atom. The van der Waals surface area contributed by atoms with E-state index in [1.54, 1.807) is 0 Å². The van der Waals surface area contributed by atoms with Gasteiger partial charge in [0.05, 0.1) is 6.61 Å². The highest BCUT2D eigenvalue weighted by Gasteiger charge is 2.17. The molecule has 0 aromatic heterocycles. The summed E-state index contributed by atoms with van der Waals surface area (Å²) in [7, 11) is 0. The number of para-hydroxylation sites is 1. The molecule has 4 nitrogen and oxygen atoms in total. The molecule has 1 aliphatic rings. The first-order valence-corrected chi connectivity index (χ1v) is 7.13. The van der Waals surface area contributed by atoms with Gasteiger partial charge in [-0.2, -0.15) is 0 Å². The van der Waals surface area contributed by atoms with Crippen molar-refractivity contribution in [3.8, 4) is 11.5 Å². The molecule has 2 rings (SSSR count). The van der Waals surface area contributed by atoms with Gasteiger partial charge in [0, 0.05) is 38.3 Å². The van der Waals surface area contributed by atoms with Crippen molar-refractivity contribution in [1.29, 1.82) is 0 Å². The highest BCUT2D eigenvalue weighted by Crippen LogP contribution is 2.30. The second-order valence-corrected chi connectivity index (χ2v) is 4.91. The number of likely N-dealkylation sites (N-methyl/N-ethyl adjacent to an activating group) is 1. The number of hydrogen-bond donors (Lipinski definition) is 1. The van der Waals surface area contributed by atoms with Crippen LogP contribution < -0.4 is 4.74 Å². The number of aromatic hydroxyl groups is 1. The zero-order valence-corrected chi connectivity index (χ0v) is 11.9. The molecule has 1 aliphatic heterocycles. The van der Waals surface area contributed by atoms with Crippen molar-refractivity contribution < 1.29 is 9.84 Å². The van der Waals surface area contributed by atoms with E-state index < -0.39 is 0 Å². The third-order valence-corrected chi connectivity index (χ3v) is 3.69. The smallest absolute Gasteiger partial charge is 0.162 e. The number of ether oxygens (including phenoxy) is 1. The Balaban J connectivity index is 1.98. The molecule has 0 bridgehead atoms. The summed E-state index contributed by atoms with van der Waals surface area (Å²) >= 11 is 0. The fourth-order valence-corrected chi connectivity index (χ4v) is 2.47. The maximum atomic E-state index is 10.2. The summed E-state index contributed by atoms with van der Waals surface area (Å²) in [6, 6.07) is 5.74. The van der Waals surface area contributed by atoms with E-state index in [1.807, 2.05) is 25.1 Å². The summed E-state index contributed by atoms with van der Waals surface area (Å²) in [6.07, 6.45) is 0. The van der Waals surface area contributed by atoms with Crippen molar-refractivity contribution in [2.45, 2.75) is 20.4 Å². The van der Waals surface area contributed by atoms with Crippen molar-refractivity contribution in [3.05, 3.63) is 23.8 Å². The van der Waals surface area contributed by atoms with Gasteiger partial charge in [0.25, 0.3) is 0 Å². The van der Waals surface area contributed by atoms with E-state index in [1.165, 1.54) is 0 Å². The molecule has 4 heteroatoms. The minimum atomic E-state index is 0.294. The molecule has 1 N–H and O–H groups in total. The Labute approximate surface area is 115 Å². The molecular weight excluding hydrogens is 240 g/mol. The van der Waals surface area contributed by atoms with Crippen molar-refractivity contribution in [3.63, 3.8) is 0 Å². The molecule has 0 amide bonds. The largest absolute Gasteiger partial charge is 0.504 e. The van der Waals surface area contributed by atoms with Crippen LogP contribution in [0.2, 0.25) is 0 Å². The average Bonchev–Trinajstić information content (AvgIpc) is 2.44. The van der Waals surface area contributed by atoms with Gasteiger partial charge in [-0.15, -0.1) is 0 Å². The minimum Gasteiger partial charge on any atom is -0.504 e. The summed E-state index contributed by atoms with van der Waals surface area (Å²) in [5.74, 6) is 0.884. The maximum Gasteiger partial charge on any atom is 0.162 e. The zero-order chi connectivity index (χ0) is 13.7. The van der Waals surface area contributed by atoms with Crippen molar-refractivity contribution >= 4 is 0 Å². The summed E-state index contributed by atoms with van der Waals surface area (Å²) in [5.41, 5.74) is 0.955. The molecule has 1 aromatic carbocycles. The SMILES string of the molecule is CCOc1cccc(CN2CCN(CC)CC2)c1O. The summed E-state index contributed by atoms with van der Waals surface area (Å²) in [6.45, 7) is 11.0. The lowest BCUT2D eigenvalue weighted by Crippen LogP contribution is -2.45. The standard InChI is InChI=1S/C15H24N2O2/c1-3-16-8-10-17(11-9-16)12-13-6-5-7-14(15(13)18)19-4-2/h5-7,18H,3-4,8-12H2,1-2H3. The highest BCUT2D eigenvalue weighted by molar-refractivity contribution is 5.45. The molecule has 1 fully saturated rings. The lowest BCUT2D eigenvalue weighted by molar-refractivity contribution is 0.131. The average molecular weight is 264 g/mol. The van der Waals surface area contributed by atoms with Gasteiger partial charge in [-0.05, 0) is 19.5 Å². The van der Waals surface area contributed by atoms with Gasteiger partial charge >= 0.3 is 0 Å². The van der Waals surface area contributed by atoms with Gasteiger partial charge in [-0.25, -0.2) is 0 Å². The number of phenolic OH excluding ortho intramolecular Hbond substituents is 1. The predicted octanol–water partition coefficient (Wildman–Crippen LogP) is 1.93. The van der Waals surface area contributed by atoms with Gasteiger partial charge < -0.3 is 14.7 Å². The molecule has 19 heavy (non-hydrogen) atoms. The zero-order valence-electron chi connectivity index (χ0n) is 11.9. The van der Waals surface area contributed by atoms with Gasteiger partial charge in [-0.3, -0.25) is 4.90 Å². The number of phenols is 1. The normalized spacial score (nSPS) is 17.6. The van der Waals surface area contributed by atoms with Crippen LogP contribution >= 0.6 is 0 Å². The van der Waals surface area contributed by atoms with E-state index >= 15 is 0 Å². The number of piperazine rings is 1. The van der Waals surface area contributed by atoms with Crippen LogP contribution in [0.3, 0.4) is 0 Å². The topological polar surface area (TPSA) is 35.9 Å². The molecule has 1 heterocycles. The van der Waals surface area contributed by atoms with Crippen molar-refractivity contribution in [2.24, 2.45) is 0 Å². The lowest BCUT2D eigenvalue weighted by atomic mass is 10.1. The number of nitrogens with zero attached hydrogens (tertiary/aromatic N) is 2.